The molecule has 0 heterocycles. The Kier molecular flexibility index (Phi) is 52.6. The monoisotopic (exact) mass is 1070 g/mol. The highest BCUT2D eigenvalue weighted by atomic mass is 31.2. The van der Waals surface area contributed by atoms with Crippen molar-refractivity contribution in [2.24, 2.45) is 0 Å². The molecular formula is C66H109NO8P+. The van der Waals surface area contributed by atoms with Crippen molar-refractivity contribution in [3.05, 3.63) is 146 Å². The highest BCUT2D eigenvalue weighted by molar-refractivity contribution is 7.47. The second kappa shape index (κ2) is 55.6. The van der Waals surface area contributed by atoms with Crippen LogP contribution in [0.5, 0.6) is 0 Å². The largest absolute Gasteiger partial charge is 0.472 e. The van der Waals surface area contributed by atoms with Crippen LogP contribution in [0.2, 0.25) is 0 Å². The van der Waals surface area contributed by atoms with E-state index in [9.17, 15) is 19.0 Å². The topological polar surface area (TPSA) is 108 Å². The summed E-state index contributed by atoms with van der Waals surface area (Å²) in [6, 6.07) is 0. The van der Waals surface area contributed by atoms with E-state index in [0.29, 0.717) is 23.9 Å². The van der Waals surface area contributed by atoms with Gasteiger partial charge in [-0.25, -0.2) is 4.57 Å². The van der Waals surface area contributed by atoms with E-state index in [2.05, 4.69) is 160 Å². The minimum absolute atomic E-state index is 0.0192. The van der Waals surface area contributed by atoms with Crippen LogP contribution in [0.4, 0.5) is 0 Å². The van der Waals surface area contributed by atoms with E-state index in [0.717, 1.165) is 122 Å². The van der Waals surface area contributed by atoms with Gasteiger partial charge in [0.05, 0.1) is 27.7 Å². The molecule has 2 atom stereocenters. The van der Waals surface area contributed by atoms with Crippen molar-refractivity contribution in [3.63, 3.8) is 0 Å². The molecule has 0 rings (SSSR count). The first kappa shape index (κ1) is 71.9. The zero-order valence-electron chi connectivity index (χ0n) is 48.7. The third-order valence-electron chi connectivity index (χ3n) is 11.9. The molecule has 0 amide bonds. The van der Waals surface area contributed by atoms with Crippen molar-refractivity contribution in [3.8, 4) is 0 Å². The Bertz CT molecular complexity index is 1790. The van der Waals surface area contributed by atoms with Gasteiger partial charge in [0.15, 0.2) is 6.10 Å². The van der Waals surface area contributed by atoms with Gasteiger partial charge in [0, 0.05) is 12.8 Å². The van der Waals surface area contributed by atoms with E-state index in [1.807, 2.05) is 21.1 Å². The summed E-state index contributed by atoms with van der Waals surface area (Å²) < 4.78 is 34.4. The summed E-state index contributed by atoms with van der Waals surface area (Å²) in [4.78, 5) is 35.6. The lowest BCUT2D eigenvalue weighted by atomic mass is 10.0. The number of hydrogen-bond donors (Lipinski definition) is 1. The van der Waals surface area contributed by atoms with Crippen LogP contribution in [-0.4, -0.2) is 74.9 Å². The number of rotatable bonds is 52. The molecule has 0 fully saturated rings. The standard InChI is InChI=1S/C66H108NO8P/c1-6-8-10-12-14-16-18-20-21-22-23-24-25-26-27-28-29-30-31-32-33-34-35-36-37-38-39-40-41-42-43-44-45-47-49-51-53-55-57-59-66(69)75-64(63-74-76(70,71)73-61-60-67(3,4)5)62-72-65(68)58-56-54-52-50-48-46-19-17-15-13-11-9-7-2/h8-11,14-17,20-21,23-24,26-27,29-30,32-33,35-36,38-39,46,48,64H,6-7,12-13,18-19,22,25,28,31,34,37,40-45,47,49-63H2,1-5H3/p+1/b10-8-,11-9-,16-14-,17-15-,21-20-,24-23-,27-26-,30-29-,33-32-,36-35-,39-38-,48-46-. The average molecular weight is 1080 g/mol. The lowest BCUT2D eigenvalue weighted by Crippen LogP contribution is -2.37. The van der Waals surface area contributed by atoms with Crippen molar-refractivity contribution in [2.75, 3.05) is 47.5 Å². The van der Waals surface area contributed by atoms with Crippen molar-refractivity contribution in [1.29, 1.82) is 0 Å². The molecule has 0 aliphatic heterocycles. The molecule has 0 aromatic rings. The molecule has 0 saturated heterocycles. The fourth-order valence-electron chi connectivity index (χ4n) is 7.37. The summed E-state index contributed by atoms with van der Waals surface area (Å²) in [5.41, 5.74) is 0. The van der Waals surface area contributed by atoms with Gasteiger partial charge < -0.3 is 18.9 Å². The maximum Gasteiger partial charge on any atom is 0.472 e. The summed E-state index contributed by atoms with van der Waals surface area (Å²) in [6.07, 6.45) is 82.2. The van der Waals surface area contributed by atoms with Gasteiger partial charge >= 0.3 is 19.8 Å². The van der Waals surface area contributed by atoms with Crippen LogP contribution < -0.4 is 0 Å². The van der Waals surface area contributed by atoms with Gasteiger partial charge in [-0.1, -0.05) is 224 Å². The second-order valence-electron chi connectivity index (χ2n) is 20.3. The van der Waals surface area contributed by atoms with E-state index in [4.69, 9.17) is 18.5 Å². The summed E-state index contributed by atoms with van der Waals surface area (Å²) in [7, 11) is 1.44. The van der Waals surface area contributed by atoms with Crippen LogP contribution in [0.1, 0.15) is 206 Å². The average Bonchev–Trinajstić information content (AvgIpc) is 3.38. The van der Waals surface area contributed by atoms with E-state index in [-0.39, 0.29) is 26.1 Å². The molecule has 1 N–H and O–H groups in total. The number of likely N-dealkylation sites (N-methyl/N-ethyl adjacent to an activating group) is 1. The Labute approximate surface area is 465 Å². The van der Waals surface area contributed by atoms with E-state index in [1.165, 1.54) is 44.9 Å². The van der Waals surface area contributed by atoms with Crippen LogP contribution in [0.3, 0.4) is 0 Å². The molecule has 0 aromatic heterocycles. The van der Waals surface area contributed by atoms with Gasteiger partial charge in [-0.05, 0) is 116 Å². The third kappa shape index (κ3) is 59.1. The Morgan fingerprint density at radius 3 is 1.07 bits per heavy atom. The van der Waals surface area contributed by atoms with Crippen LogP contribution >= 0.6 is 7.82 Å². The second-order valence-corrected chi connectivity index (χ2v) is 21.7. The highest BCUT2D eigenvalue weighted by Crippen LogP contribution is 2.43. The first-order chi connectivity index (χ1) is 37.0. The minimum atomic E-state index is -4.40. The molecule has 430 valence electrons. The van der Waals surface area contributed by atoms with Crippen molar-refractivity contribution in [1.82, 2.24) is 0 Å². The predicted octanol–water partition coefficient (Wildman–Crippen LogP) is 18.7. The zero-order chi connectivity index (χ0) is 55.6. The van der Waals surface area contributed by atoms with Gasteiger partial charge in [-0.3, -0.25) is 18.6 Å². The van der Waals surface area contributed by atoms with Gasteiger partial charge in [-0.2, -0.15) is 0 Å². The molecule has 76 heavy (non-hydrogen) atoms. The fourth-order valence-corrected chi connectivity index (χ4v) is 8.12. The maximum atomic E-state index is 12.8. The van der Waals surface area contributed by atoms with Crippen LogP contribution in [-0.2, 0) is 32.7 Å². The van der Waals surface area contributed by atoms with Crippen LogP contribution in [0.15, 0.2) is 146 Å². The molecule has 9 nitrogen and oxygen atoms in total. The molecule has 0 aliphatic rings. The fraction of sp³-hybridized carbons (Fsp3) is 0.606. The predicted molar refractivity (Wildman–Crippen MR) is 325 cm³/mol. The molecule has 0 aliphatic carbocycles. The Morgan fingerprint density at radius 2 is 0.711 bits per heavy atom. The molecule has 2 unspecified atom stereocenters. The number of allylic oxidation sites excluding steroid dienone is 24. The number of unbranched alkanes of at least 4 members (excludes halogenated alkanes) is 14. The number of esters is 2. The van der Waals surface area contributed by atoms with E-state index < -0.39 is 32.5 Å². The van der Waals surface area contributed by atoms with Crippen LogP contribution in [0, 0.1) is 0 Å². The first-order valence-corrected chi connectivity index (χ1v) is 31.1. The number of ether oxygens (including phenoxy) is 2. The van der Waals surface area contributed by atoms with Gasteiger partial charge in [0.2, 0.25) is 0 Å². The molecule has 0 saturated carbocycles. The maximum absolute atomic E-state index is 12.8. The summed E-state index contributed by atoms with van der Waals surface area (Å²) in [6.45, 7) is 4.14. The Morgan fingerprint density at radius 1 is 0.408 bits per heavy atom. The highest BCUT2D eigenvalue weighted by Gasteiger charge is 2.27. The molecule has 10 heteroatoms. The van der Waals surface area contributed by atoms with Crippen molar-refractivity contribution >= 4 is 19.8 Å². The van der Waals surface area contributed by atoms with Crippen molar-refractivity contribution in [2.45, 2.75) is 213 Å². The quantitative estimate of drug-likeness (QED) is 0.0211. The van der Waals surface area contributed by atoms with Gasteiger partial charge in [0.25, 0.3) is 0 Å². The normalized spacial score (nSPS) is 14.3. The molecule has 0 radical (unpaired) electrons. The van der Waals surface area contributed by atoms with E-state index >= 15 is 0 Å². The number of hydrogen-bond acceptors (Lipinski definition) is 7. The number of nitrogens with zero attached hydrogens (tertiary/aromatic N) is 1. The summed E-state index contributed by atoms with van der Waals surface area (Å²) >= 11 is 0. The van der Waals surface area contributed by atoms with Crippen LogP contribution in [0.25, 0.3) is 0 Å². The number of carbonyl (C=O) groups excluding carboxylic acids is 2. The Balaban J connectivity index is 4.09. The lowest BCUT2D eigenvalue weighted by molar-refractivity contribution is -0.870. The Hall–Kier alpha value is -4.11. The number of phosphoric ester groups is 1. The molecule has 0 spiro atoms. The minimum Gasteiger partial charge on any atom is -0.462 e. The number of quaternary nitrogens is 1. The smallest absolute Gasteiger partial charge is 0.462 e. The number of carbonyl (C=O) groups is 2. The molecular weight excluding hydrogens is 966 g/mol. The molecule has 0 aromatic carbocycles. The van der Waals surface area contributed by atoms with Crippen molar-refractivity contribution < 1.29 is 42.1 Å². The zero-order valence-corrected chi connectivity index (χ0v) is 49.6. The lowest BCUT2D eigenvalue weighted by Gasteiger charge is -2.24. The number of phosphoric acid groups is 1. The summed E-state index contributed by atoms with van der Waals surface area (Å²) in [5.74, 6) is -0.846. The summed E-state index contributed by atoms with van der Waals surface area (Å²) in [5, 5.41) is 0. The molecule has 0 bridgehead atoms. The van der Waals surface area contributed by atoms with Gasteiger partial charge in [-0.15, -0.1) is 0 Å². The van der Waals surface area contributed by atoms with E-state index in [1.54, 1.807) is 0 Å². The first-order valence-electron chi connectivity index (χ1n) is 29.6. The SMILES string of the molecule is CC/C=C\C/C=C\C/C=C\C/C=C\C/C=C\C/C=C\C/C=C\C/C=C\C/C=C\CCCCCCCCCCCCCC(=O)OC(COC(=O)CCCCC/C=C\C/C=C\C/C=C\CC)COP(=O)(O)OCC[N+](C)(C)C. The van der Waals surface area contributed by atoms with Gasteiger partial charge in [0.1, 0.15) is 19.8 Å². The third-order valence-corrected chi connectivity index (χ3v) is 12.8.